The van der Waals surface area contributed by atoms with Crippen molar-refractivity contribution in [2.45, 2.75) is 6.92 Å². The van der Waals surface area contributed by atoms with Gasteiger partial charge in [-0.1, -0.05) is 12.1 Å². The van der Waals surface area contributed by atoms with E-state index in [9.17, 15) is 19.8 Å². The van der Waals surface area contributed by atoms with Gasteiger partial charge in [-0.15, -0.1) is 0 Å². The number of carbonyl (C=O) groups is 2. The van der Waals surface area contributed by atoms with Crippen LogP contribution in [-0.2, 0) is 19.5 Å². The molecule has 0 heterocycles. The van der Waals surface area contributed by atoms with E-state index in [1.54, 1.807) is 0 Å². The number of rotatable bonds is 2. The van der Waals surface area contributed by atoms with Gasteiger partial charge < -0.3 is 19.8 Å². The molecular weight excluding hydrogens is 237 g/mol. The molecule has 68 valence electrons. The summed E-state index contributed by atoms with van der Waals surface area (Å²) in [6.07, 6.45) is 0. The Morgan fingerprint density at radius 2 is 1.71 bits per heavy atom. The molecule has 1 aromatic carbocycles. The van der Waals surface area contributed by atoms with E-state index in [0.29, 0.717) is 5.56 Å². The molecule has 1 aromatic rings. The summed E-state index contributed by atoms with van der Waals surface area (Å²) in [4.78, 5) is 20.8. The Kier molecular flexibility index (Phi) is 4.44. The number of aromatic carboxylic acids is 2. The molecule has 0 saturated carbocycles. The van der Waals surface area contributed by atoms with Gasteiger partial charge in [0.05, 0.1) is 11.9 Å². The topological polar surface area (TPSA) is 80.3 Å². The van der Waals surface area contributed by atoms with Gasteiger partial charge in [0.25, 0.3) is 0 Å². The first-order valence-corrected chi connectivity index (χ1v) is 3.55. The van der Waals surface area contributed by atoms with Gasteiger partial charge in [0.15, 0.2) is 0 Å². The first kappa shape index (κ1) is 12.8. The summed E-state index contributed by atoms with van der Waals surface area (Å²) in [6.45, 7) is 1.50. The predicted octanol–water partition coefficient (Wildman–Crippen LogP) is -1.28. The second-order valence-electron chi connectivity index (χ2n) is 2.60. The zero-order valence-corrected chi connectivity index (χ0v) is 10.5. The van der Waals surface area contributed by atoms with Gasteiger partial charge in [0, 0.05) is 5.56 Å². The summed E-state index contributed by atoms with van der Waals surface area (Å²) < 4.78 is 0. The van der Waals surface area contributed by atoms with Gasteiger partial charge in [0.1, 0.15) is 0 Å². The van der Waals surface area contributed by atoms with Crippen molar-refractivity contribution in [3.05, 3.63) is 34.9 Å². The first-order valence-electron chi connectivity index (χ1n) is 3.55. The monoisotopic (exact) mass is 242 g/mol. The largest absolute Gasteiger partial charge is 2.00 e. The van der Waals surface area contributed by atoms with E-state index in [0.717, 1.165) is 0 Å². The molecule has 5 heteroatoms. The number of carboxylic acids is 2. The Labute approximate surface area is 93.3 Å². The van der Waals surface area contributed by atoms with Crippen LogP contribution in [0, 0.1) is 6.92 Å². The molecule has 0 atom stereocenters. The van der Waals surface area contributed by atoms with Gasteiger partial charge in [-0.25, -0.2) is 0 Å². The average molecular weight is 244 g/mol. The third kappa shape index (κ3) is 2.64. The van der Waals surface area contributed by atoms with Crippen molar-refractivity contribution in [3.63, 3.8) is 0 Å². The minimum Gasteiger partial charge on any atom is -0.545 e. The van der Waals surface area contributed by atoms with E-state index in [4.69, 9.17) is 0 Å². The molecule has 0 amide bonds. The summed E-state index contributed by atoms with van der Waals surface area (Å²) >= 11 is 0. The minimum absolute atomic E-state index is 0. The quantitative estimate of drug-likeness (QED) is 0.606. The van der Waals surface area contributed by atoms with Gasteiger partial charge in [-0.3, -0.25) is 0 Å². The molecule has 0 unspecified atom stereocenters. The molecule has 0 fully saturated rings. The molecule has 0 aliphatic heterocycles. The van der Waals surface area contributed by atoms with E-state index in [1.807, 2.05) is 0 Å². The van der Waals surface area contributed by atoms with Crippen LogP contribution in [0.25, 0.3) is 0 Å². The Balaban J connectivity index is 0.00000169. The van der Waals surface area contributed by atoms with E-state index in [-0.39, 0.29) is 30.6 Å². The van der Waals surface area contributed by atoms with Gasteiger partial charge in [-0.2, -0.15) is 0 Å². The number of aryl methyl sites for hydroxylation is 1. The normalized spacial score (nSPS) is 8.93. The van der Waals surface area contributed by atoms with Crippen molar-refractivity contribution < 1.29 is 39.3 Å². The summed E-state index contributed by atoms with van der Waals surface area (Å²) in [5.74, 6) is -2.64. The van der Waals surface area contributed by atoms with Crippen LogP contribution in [0.2, 0.25) is 0 Å². The minimum atomic E-state index is -1.33. The number of hydrogen-bond donors (Lipinski definition) is 0. The first-order chi connectivity index (χ1) is 6.02. The number of carbonyl (C=O) groups excluding carboxylic acids is 2. The van der Waals surface area contributed by atoms with Crippen molar-refractivity contribution in [2.24, 2.45) is 0 Å². The van der Waals surface area contributed by atoms with Crippen LogP contribution in [0.5, 0.6) is 0 Å². The molecule has 0 radical (unpaired) electrons. The molecule has 14 heavy (non-hydrogen) atoms. The third-order valence-electron chi connectivity index (χ3n) is 1.68. The molecule has 0 spiro atoms. The van der Waals surface area contributed by atoms with Gasteiger partial charge >= 0.3 is 19.5 Å². The zero-order chi connectivity index (χ0) is 10.0. The summed E-state index contributed by atoms with van der Waals surface area (Å²) in [5, 5.41) is 20.8. The van der Waals surface area contributed by atoms with Crippen molar-refractivity contribution in [3.8, 4) is 0 Å². The van der Waals surface area contributed by atoms with Crippen LogP contribution in [0.15, 0.2) is 18.2 Å². The maximum atomic E-state index is 10.4. The fourth-order valence-corrected chi connectivity index (χ4v) is 1.02. The summed E-state index contributed by atoms with van der Waals surface area (Å²) in [7, 11) is 0. The van der Waals surface area contributed by atoms with Crippen molar-refractivity contribution in [1.29, 1.82) is 0 Å². The van der Waals surface area contributed by atoms with E-state index in [1.165, 1.54) is 25.1 Å². The standard InChI is InChI=1S/C9H8O4.Zn/c1-5-4-6(8(10)11)2-3-7(5)9(12)13;/h2-4H,1H3,(H,10,11)(H,12,13);/q;+2/p-2. The molecule has 1 rings (SSSR count). The van der Waals surface area contributed by atoms with E-state index >= 15 is 0 Å². The van der Waals surface area contributed by atoms with Gasteiger partial charge in [0.2, 0.25) is 0 Å². The fraction of sp³-hybridized carbons (Fsp3) is 0.111. The second kappa shape index (κ2) is 4.86. The molecule has 0 saturated heterocycles. The molecule has 4 nitrogen and oxygen atoms in total. The van der Waals surface area contributed by atoms with E-state index in [2.05, 4.69) is 0 Å². The molecule has 0 aliphatic rings. The van der Waals surface area contributed by atoms with Crippen LogP contribution >= 0.6 is 0 Å². The third-order valence-corrected chi connectivity index (χ3v) is 1.68. The SMILES string of the molecule is Cc1cc(C(=O)[O-])ccc1C(=O)[O-].[Zn+2]. The van der Waals surface area contributed by atoms with Crippen LogP contribution in [0.1, 0.15) is 26.3 Å². The van der Waals surface area contributed by atoms with Crippen LogP contribution in [-0.4, -0.2) is 11.9 Å². The molecule has 0 aromatic heterocycles. The Morgan fingerprint density at radius 3 is 2.07 bits per heavy atom. The van der Waals surface area contributed by atoms with Crippen molar-refractivity contribution in [2.75, 3.05) is 0 Å². The molecule has 0 bridgehead atoms. The van der Waals surface area contributed by atoms with E-state index < -0.39 is 11.9 Å². The summed E-state index contributed by atoms with van der Waals surface area (Å²) in [5.41, 5.74) is 0.300. The number of hydrogen-bond acceptors (Lipinski definition) is 4. The average Bonchev–Trinajstić information content (AvgIpc) is 2.03. The number of carboxylic acid groups (broad SMARTS) is 2. The van der Waals surface area contributed by atoms with Crippen LogP contribution in [0.3, 0.4) is 0 Å². The van der Waals surface area contributed by atoms with Crippen LogP contribution in [0.4, 0.5) is 0 Å². The zero-order valence-electron chi connectivity index (χ0n) is 7.57. The maximum absolute atomic E-state index is 10.4. The predicted molar refractivity (Wildman–Crippen MR) is 39.8 cm³/mol. The van der Waals surface area contributed by atoms with Crippen molar-refractivity contribution >= 4 is 11.9 Å². The fourth-order valence-electron chi connectivity index (χ4n) is 1.02. The molecule has 0 N–H and O–H groups in total. The smallest absolute Gasteiger partial charge is 0.545 e. The second-order valence-corrected chi connectivity index (χ2v) is 2.60. The Hall–Kier alpha value is -1.22. The van der Waals surface area contributed by atoms with Gasteiger partial charge in [-0.05, 0) is 24.1 Å². The van der Waals surface area contributed by atoms with Crippen molar-refractivity contribution in [1.82, 2.24) is 0 Å². The summed E-state index contributed by atoms with van der Waals surface area (Å²) in [6, 6.07) is 3.60. The van der Waals surface area contributed by atoms with Crippen LogP contribution < -0.4 is 10.2 Å². The molecule has 0 aliphatic carbocycles. The maximum Gasteiger partial charge on any atom is 2.00 e. The number of benzene rings is 1. The molecular formula is C9H6O4Zn. The Morgan fingerprint density at radius 1 is 1.14 bits per heavy atom. The Bertz CT molecular complexity index is 373.